The fourth-order valence-corrected chi connectivity index (χ4v) is 0.776. The van der Waals surface area contributed by atoms with Crippen LogP contribution in [0.25, 0.3) is 0 Å². The third-order valence-corrected chi connectivity index (χ3v) is 1.64. The van der Waals surface area contributed by atoms with Gasteiger partial charge in [0.2, 0.25) is 0 Å². The lowest BCUT2D eigenvalue weighted by molar-refractivity contribution is -0.0999. The summed E-state index contributed by atoms with van der Waals surface area (Å²) in [5.74, 6) is 0. The number of carbonyl (C=O) groups is 1. The third kappa shape index (κ3) is 4.81. The van der Waals surface area contributed by atoms with Crippen LogP contribution < -0.4 is 5.73 Å². The topological polar surface area (TPSA) is 157 Å². The number of amides is 2. The molecular weight excluding hydrogens is 208 g/mol. The Balaban J connectivity index is 4.30. The molecule has 0 saturated heterocycles. The molecule has 0 aromatic heterocycles. The summed E-state index contributed by atoms with van der Waals surface area (Å²) in [6.45, 7) is -0.780. The maximum absolute atomic E-state index is 10.2. The summed E-state index contributed by atoms with van der Waals surface area (Å²) in [5, 5.41) is 44.8. The van der Waals surface area contributed by atoms with Gasteiger partial charge in [0, 0.05) is 6.21 Å². The third-order valence-electron chi connectivity index (χ3n) is 1.64. The Labute approximate surface area is 85.3 Å². The number of hydrogen-bond donors (Lipinski definition) is 6. The largest absolute Gasteiger partial charge is 0.394 e. The zero-order valence-electron chi connectivity index (χ0n) is 7.76. The molecule has 2 amide bonds. The predicted molar refractivity (Wildman–Crippen MR) is 49.2 cm³/mol. The Morgan fingerprint density at radius 3 is 2.20 bits per heavy atom. The number of aliphatic hydroxyl groups is 5. The number of nitrogens with two attached hydrogens (primary N) is 1. The molecule has 0 aromatic rings. The van der Waals surface area contributed by atoms with Crippen molar-refractivity contribution in [1.29, 1.82) is 0 Å². The fraction of sp³-hybridized carbons (Fsp3) is 0.714. The van der Waals surface area contributed by atoms with E-state index in [1.165, 1.54) is 0 Å². The first kappa shape index (κ1) is 13.9. The van der Waals surface area contributed by atoms with Gasteiger partial charge in [-0.2, -0.15) is 0 Å². The highest BCUT2D eigenvalue weighted by Crippen LogP contribution is 2.03. The van der Waals surface area contributed by atoms with Crippen LogP contribution in [0.4, 0.5) is 4.79 Å². The van der Waals surface area contributed by atoms with E-state index < -0.39 is 37.1 Å². The minimum Gasteiger partial charge on any atom is -0.394 e. The second-order valence-corrected chi connectivity index (χ2v) is 2.84. The molecule has 8 nitrogen and oxygen atoms in total. The Bertz CT molecular complexity index is 234. The molecule has 0 spiro atoms. The summed E-state index contributed by atoms with van der Waals surface area (Å²) in [4.78, 5) is 13.1. The second-order valence-electron chi connectivity index (χ2n) is 2.84. The van der Waals surface area contributed by atoms with Crippen LogP contribution in [0.2, 0.25) is 0 Å². The SMILES string of the molecule is NC(=O)N=C[C@H](O)[C@@H](O)[C@H](O)[C@H](O)CO. The molecule has 0 fully saturated rings. The van der Waals surface area contributed by atoms with Crippen LogP contribution in [-0.2, 0) is 0 Å². The molecule has 0 aliphatic carbocycles. The van der Waals surface area contributed by atoms with Crippen molar-refractivity contribution in [2.45, 2.75) is 24.4 Å². The fourth-order valence-electron chi connectivity index (χ4n) is 0.776. The average Bonchev–Trinajstić information content (AvgIpc) is 2.22. The number of rotatable bonds is 5. The van der Waals surface area contributed by atoms with Gasteiger partial charge in [0.15, 0.2) is 0 Å². The summed E-state index contributed by atoms with van der Waals surface area (Å²) >= 11 is 0. The number of aliphatic imine (C=N–C) groups is 1. The van der Waals surface area contributed by atoms with Gasteiger partial charge in [-0.05, 0) is 0 Å². The van der Waals surface area contributed by atoms with Crippen LogP contribution in [0.5, 0.6) is 0 Å². The van der Waals surface area contributed by atoms with Crippen molar-refractivity contribution in [2.24, 2.45) is 10.7 Å². The van der Waals surface area contributed by atoms with Crippen LogP contribution in [0.15, 0.2) is 4.99 Å². The normalized spacial score (nSPS) is 19.8. The zero-order valence-corrected chi connectivity index (χ0v) is 7.76. The second kappa shape index (κ2) is 6.43. The summed E-state index contributed by atoms with van der Waals surface area (Å²) < 4.78 is 0. The highest BCUT2D eigenvalue weighted by atomic mass is 16.4. The van der Waals surface area contributed by atoms with Crippen LogP contribution in [0.1, 0.15) is 0 Å². The van der Waals surface area contributed by atoms with Crippen molar-refractivity contribution >= 4 is 12.2 Å². The van der Waals surface area contributed by atoms with Crippen molar-refractivity contribution in [3.8, 4) is 0 Å². The first-order chi connectivity index (χ1) is 6.90. The van der Waals surface area contributed by atoms with Gasteiger partial charge < -0.3 is 31.3 Å². The van der Waals surface area contributed by atoms with E-state index in [0.717, 1.165) is 0 Å². The maximum atomic E-state index is 10.2. The maximum Gasteiger partial charge on any atom is 0.338 e. The quantitative estimate of drug-likeness (QED) is 0.266. The summed E-state index contributed by atoms with van der Waals surface area (Å²) in [6, 6.07) is -1.07. The summed E-state index contributed by atoms with van der Waals surface area (Å²) in [6.07, 6.45) is -6.19. The van der Waals surface area contributed by atoms with Gasteiger partial charge in [-0.25, -0.2) is 9.79 Å². The van der Waals surface area contributed by atoms with Gasteiger partial charge >= 0.3 is 6.03 Å². The van der Waals surface area contributed by atoms with E-state index in [-0.39, 0.29) is 0 Å². The lowest BCUT2D eigenvalue weighted by Crippen LogP contribution is -2.46. The predicted octanol–water partition coefficient (Wildman–Crippen LogP) is -3.43. The number of primary amides is 1. The number of carbonyl (C=O) groups excluding carboxylic acids is 1. The molecule has 7 N–H and O–H groups in total. The first-order valence-corrected chi connectivity index (χ1v) is 4.07. The molecule has 0 aliphatic rings. The number of aliphatic hydroxyl groups excluding tert-OH is 5. The molecule has 0 heterocycles. The molecule has 0 radical (unpaired) electrons. The van der Waals surface area contributed by atoms with Gasteiger partial charge in [-0.15, -0.1) is 0 Å². The van der Waals surface area contributed by atoms with Gasteiger partial charge in [0.05, 0.1) is 6.61 Å². The van der Waals surface area contributed by atoms with Gasteiger partial charge in [-0.1, -0.05) is 0 Å². The minimum absolute atomic E-state index is 0.625. The molecule has 88 valence electrons. The molecule has 0 saturated carbocycles. The number of hydrogen-bond acceptors (Lipinski definition) is 6. The van der Waals surface area contributed by atoms with Crippen molar-refractivity contribution in [3.05, 3.63) is 0 Å². The monoisotopic (exact) mass is 222 g/mol. The molecular formula is C7H14N2O6. The van der Waals surface area contributed by atoms with Crippen LogP contribution in [0.3, 0.4) is 0 Å². The Morgan fingerprint density at radius 1 is 1.27 bits per heavy atom. The van der Waals surface area contributed by atoms with E-state index >= 15 is 0 Å². The molecule has 15 heavy (non-hydrogen) atoms. The van der Waals surface area contributed by atoms with E-state index in [0.29, 0.717) is 6.21 Å². The highest BCUT2D eigenvalue weighted by molar-refractivity contribution is 5.83. The smallest absolute Gasteiger partial charge is 0.338 e. The standard InChI is InChI=1S/C7H14N2O6/c8-7(15)9-1-3(11)5(13)6(14)4(12)2-10/h1,3-6,10-14H,2H2,(H2,8,15)/t3-,4+,5+,6+/m0/s1. The molecule has 0 rings (SSSR count). The Morgan fingerprint density at radius 2 is 1.80 bits per heavy atom. The highest BCUT2D eigenvalue weighted by Gasteiger charge is 2.29. The molecule has 0 aromatic carbocycles. The van der Waals surface area contributed by atoms with Gasteiger partial charge in [0.25, 0.3) is 0 Å². The number of urea groups is 1. The minimum atomic E-state index is -1.78. The molecule has 0 unspecified atom stereocenters. The van der Waals surface area contributed by atoms with Gasteiger partial charge in [-0.3, -0.25) is 0 Å². The molecule has 4 atom stereocenters. The molecule has 0 aliphatic heterocycles. The van der Waals surface area contributed by atoms with E-state index in [9.17, 15) is 9.90 Å². The lowest BCUT2D eigenvalue weighted by Gasteiger charge is -2.23. The number of nitrogens with zero attached hydrogens (tertiary/aromatic N) is 1. The van der Waals surface area contributed by atoms with E-state index in [1.807, 2.05) is 0 Å². The van der Waals surface area contributed by atoms with Crippen molar-refractivity contribution in [2.75, 3.05) is 6.61 Å². The lowest BCUT2D eigenvalue weighted by atomic mass is 10.0. The van der Waals surface area contributed by atoms with Crippen molar-refractivity contribution < 1.29 is 30.3 Å². The molecule has 8 heteroatoms. The van der Waals surface area contributed by atoms with Crippen LogP contribution in [-0.4, -0.2) is 68.8 Å². The Kier molecular flexibility index (Phi) is 5.97. The first-order valence-electron chi connectivity index (χ1n) is 4.07. The van der Waals surface area contributed by atoms with Crippen molar-refractivity contribution in [3.63, 3.8) is 0 Å². The van der Waals surface area contributed by atoms with E-state index in [4.69, 9.17) is 20.4 Å². The van der Waals surface area contributed by atoms with Crippen LogP contribution >= 0.6 is 0 Å². The summed E-state index contributed by atoms with van der Waals surface area (Å²) in [7, 11) is 0. The van der Waals surface area contributed by atoms with E-state index in [2.05, 4.69) is 10.7 Å². The van der Waals surface area contributed by atoms with Crippen LogP contribution in [0, 0.1) is 0 Å². The Hall–Kier alpha value is -1.06. The van der Waals surface area contributed by atoms with E-state index in [1.54, 1.807) is 0 Å². The summed E-state index contributed by atoms with van der Waals surface area (Å²) in [5.41, 5.74) is 4.62. The average molecular weight is 222 g/mol. The zero-order chi connectivity index (χ0) is 12.0. The molecule has 0 bridgehead atoms. The van der Waals surface area contributed by atoms with Gasteiger partial charge in [0.1, 0.15) is 24.4 Å². The van der Waals surface area contributed by atoms with Crippen molar-refractivity contribution in [1.82, 2.24) is 0 Å².